The summed E-state index contributed by atoms with van der Waals surface area (Å²) in [5, 5.41) is 15.9. The average molecular weight is 298 g/mol. The molecule has 0 aromatic rings. The van der Waals surface area contributed by atoms with E-state index in [0.717, 1.165) is 19.6 Å². The number of carboxylic acid groups (broad SMARTS) is 1. The zero-order valence-electron chi connectivity index (χ0n) is 13.9. The van der Waals surface area contributed by atoms with Crippen LogP contribution in [0.3, 0.4) is 0 Å². The zero-order valence-corrected chi connectivity index (χ0v) is 13.9. The molecule has 0 heterocycles. The van der Waals surface area contributed by atoms with Gasteiger partial charge in [-0.2, -0.15) is 0 Å². The maximum absolute atomic E-state index is 9.00. The van der Waals surface area contributed by atoms with E-state index in [9.17, 15) is 0 Å². The second kappa shape index (κ2) is 21.1. The summed E-state index contributed by atoms with van der Waals surface area (Å²) in [5.41, 5.74) is 0. The van der Waals surface area contributed by atoms with Gasteiger partial charge in [0.15, 0.2) is 0 Å². The van der Waals surface area contributed by atoms with Crippen molar-refractivity contribution in [2.75, 3.05) is 0 Å². The summed E-state index contributed by atoms with van der Waals surface area (Å²) >= 11 is 0. The molecule has 2 N–H and O–H groups in total. The molecule has 0 bridgehead atoms. The van der Waals surface area contributed by atoms with Crippen LogP contribution in [0.15, 0.2) is 24.5 Å². The number of aliphatic hydroxyl groups excluding tert-OH is 1. The normalized spacial score (nSPS) is 10.8. The summed E-state index contributed by atoms with van der Waals surface area (Å²) in [4.78, 5) is 9.00. The van der Waals surface area contributed by atoms with Crippen LogP contribution in [0.4, 0.5) is 0 Å². The minimum atomic E-state index is -0.833. The standard InChI is InChI=1S/C16H30O.C2H4O2/c1-2-3-4-5-6-7-8-9-10-11-12-13-14-15-16-17;1-2(3)4/h9-10,15-17H,2-8,11-14H2,1H3;1H3,(H,3,4)/b10-9-,16-15-;. The lowest BCUT2D eigenvalue weighted by molar-refractivity contribution is -0.134. The minimum absolute atomic E-state index is 0.833. The molecule has 0 aromatic carbocycles. The van der Waals surface area contributed by atoms with Crippen molar-refractivity contribution in [3.05, 3.63) is 24.5 Å². The van der Waals surface area contributed by atoms with E-state index in [0.29, 0.717) is 0 Å². The fourth-order valence-electron chi connectivity index (χ4n) is 1.88. The number of aliphatic hydroxyl groups is 1. The third-order valence-corrected chi connectivity index (χ3v) is 2.99. The number of hydrogen-bond donors (Lipinski definition) is 2. The van der Waals surface area contributed by atoms with E-state index in [2.05, 4.69) is 19.1 Å². The van der Waals surface area contributed by atoms with Gasteiger partial charge in [-0.3, -0.25) is 4.79 Å². The monoisotopic (exact) mass is 298 g/mol. The van der Waals surface area contributed by atoms with Crippen molar-refractivity contribution in [3.63, 3.8) is 0 Å². The lowest BCUT2D eigenvalue weighted by Gasteiger charge is -1.97. The van der Waals surface area contributed by atoms with Crippen LogP contribution in [0.1, 0.15) is 84.5 Å². The summed E-state index contributed by atoms with van der Waals surface area (Å²) < 4.78 is 0. The Hall–Kier alpha value is -1.25. The predicted molar refractivity (Wildman–Crippen MR) is 90.7 cm³/mol. The van der Waals surface area contributed by atoms with Crippen molar-refractivity contribution in [2.45, 2.75) is 84.5 Å². The quantitative estimate of drug-likeness (QED) is 0.263. The van der Waals surface area contributed by atoms with Gasteiger partial charge < -0.3 is 10.2 Å². The molecule has 3 nitrogen and oxygen atoms in total. The smallest absolute Gasteiger partial charge is 0.300 e. The van der Waals surface area contributed by atoms with Gasteiger partial charge in [0.2, 0.25) is 0 Å². The van der Waals surface area contributed by atoms with Crippen molar-refractivity contribution < 1.29 is 15.0 Å². The minimum Gasteiger partial charge on any atom is -0.516 e. The van der Waals surface area contributed by atoms with Gasteiger partial charge in [0.25, 0.3) is 5.97 Å². The molecule has 124 valence electrons. The highest BCUT2D eigenvalue weighted by Gasteiger charge is 1.88. The van der Waals surface area contributed by atoms with Crippen molar-refractivity contribution in [2.24, 2.45) is 0 Å². The Morgan fingerprint density at radius 3 is 1.67 bits per heavy atom. The zero-order chi connectivity index (χ0) is 16.2. The second-order valence-corrected chi connectivity index (χ2v) is 5.22. The maximum atomic E-state index is 9.00. The van der Waals surface area contributed by atoms with Gasteiger partial charge in [-0.15, -0.1) is 0 Å². The van der Waals surface area contributed by atoms with Crippen LogP contribution in [0.25, 0.3) is 0 Å². The molecule has 0 rings (SSSR count). The molecule has 0 aliphatic heterocycles. The Balaban J connectivity index is 0. The number of unbranched alkanes of at least 4 members (excludes halogenated alkanes) is 9. The van der Waals surface area contributed by atoms with E-state index in [1.807, 2.05) is 6.08 Å². The Labute approximate surface area is 130 Å². The van der Waals surface area contributed by atoms with Gasteiger partial charge in [0, 0.05) is 6.92 Å². The molecular weight excluding hydrogens is 264 g/mol. The Morgan fingerprint density at radius 1 is 0.810 bits per heavy atom. The van der Waals surface area contributed by atoms with Gasteiger partial charge in [-0.1, -0.05) is 57.3 Å². The maximum Gasteiger partial charge on any atom is 0.300 e. The molecule has 0 fully saturated rings. The van der Waals surface area contributed by atoms with E-state index < -0.39 is 5.97 Å². The van der Waals surface area contributed by atoms with Crippen LogP contribution in [0.5, 0.6) is 0 Å². The van der Waals surface area contributed by atoms with Gasteiger partial charge >= 0.3 is 0 Å². The van der Waals surface area contributed by atoms with E-state index >= 15 is 0 Å². The van der Waals surface area contributed by atoms with Crippen LogP contribution in [0.2, 0.25) is 0 Å². The highest BCUT2D eigenvalue weighted by Crippen LogP contribution is 2.08. The molecule has 0 atom stereocenters. The van der Waals surface area contributed by atoms with Crippen molar-refractivity contribution in [1.82, 2.24) is 0 Å². The first-order valence-corrected chi connectivity index (χ1v) is 8.28. The Kier molecular flexibility index (Phi) is 22.1. The van der Waals surface area contributed by atoms with Gasteiger partial charge in [0.1, 0.15) is 0 Å². The van der Waals surface area contributed by atoms with Crippen molar-refractivity contribution >= 4 is 5.97 Å². The largest absolute Gasteiger partial charge is 0.516 e. The highest BCUT2D eigenvalue weighted by atomic mass is 16.4. The summed E-state index contributed by atoms with van der Waals surface area (Å²) in [6.45, 7) is 3.35. The van der Waals surface area contributed by atoms with Gasteiger partial charge in [0.05, 0.1) is 6.26 Å². The fraction of sp³-hybridized carbons (Fsp3) is 0.722. The van der Waals surface area contributed by atoms with Gasteiger partial charge in [-0.25, -0.2) is 0 Å². The lowest BCUT2D eigenvalue weighted by atomic mass is 10.1. The SMILES string of the molecule is CC(=O)O.CCCCCCCC/C=C\CCCC/C=C\O. The first kappa shape index (κ1) is 22.0. The molecular formula is C18H34O3. The summed E-state index contributed by atoms with van der Waals surface area (Å²) in [5.74, 6) is -0.833. The summed E-state index contributed by atoms with van der Waals surface area (Å²) in [6, 6.07) is 0. The first-order chi connectivity index (χ1) is 10.1. The average Bonchev–Trinajstić information content (AvgIpc) is 2.43. The van der Waals surface area contributed by atoms with E-state index in [1.165, 1.54) is 64.2 Å². The number of hydrogen-bond acceptors (Lipinski definition) is 2. The van der Waals surface area contributed by atoms with Crippen LogP contribution >= 0.6 is 0 Å². The third-order valence-electron chi connectivity index (χ3n) is 2.99. The highest BCUT2D eigenvalue weighted by molar-refractivity contribution is 5.62. The van der Waals surface area contributed by atoms with Crippen LogP contribution in [-0.4, -0.2) is 16.2 Å². The molecule has 21 heavy (non-hydrogen) atoms. The van der Waals surface area contributed by atoms with Crippen LogP contribution < -0.4 is 0 Å². The molecule has 0 saturated carbocycles. The topological polar surface area (TPSA) is 57.5 Å². The number of allylic oxidation sites excluding steroid dienone is 3. The van der Waals surface area contributed by atoms with Crippen molar-refractivity contribution in [3.8, 4) is 0 Å². The molecule has 3 heteroatoms. The molecule has 0 amide bonds. The Bertz CT molecular complexity index is 253. The van der Waals surface area contributed by atoms with Crippen LogP contribution in [0, 0.1) is 0 Å². The number of rotatable bonds is 12. The second-order valence-electron chi connectivity index (χ2n) is 5.22. The number of aliphatic carboxylic acids is 1. The molecule has 0 saturated heterocycles. The molecule has 0 aromatic heterocycles. The van der Waals surface area contributed by atoms with E-state index in [1.54, 1.807) is 0 Å². The summed E-state index contributed by atoms with van der Waals surface area (Å²) in [7, 11) is 0. The van der Waals surface area contributed by atoms with E-state index in [-0.39, 0.29) is 0 Å². The fourth-order valence-corrected chi connectivity index (χ4v) is 1.88. The summed E-state index contributed by atoms with van der Waals surface area (Å²) in [6.07, 6.45) is 21.8. The molecule has 0 spiro atoms. The molecule has 0 unspecified atom stereocenters. The molecule has 0 aliphatic rings. The first-order valence-electron chi connectivity index (χ1n) is 8.28. The lowest BCUT2D eigenvalue weighted by Crippen LogP contribution is -1.78. The molecule has 0 aliphatic carbocycles. The number of carboxylic acids is 1. The van der Waals surface area contributed by atoms with Crippen LogP contribution in [-0.2, 0) is 4.79 Å². The van der Waals surface area contributed by atoms with Crippen molar-refractivity contribution in [1.29, 1.82) is 0 Å². The van der Waals surface area contributed by atoms with E-state index in [4.69, 9.17) is 15.0 Å². The third kappa shape index (κ3) is 32.4. The predicted octanol–water partition coefficient (Wildman–Crippen LogP) is 6.02. The number of carbonyl (C=O) groups is 1. The molecule has 0 radical (unpaired) electrons. The van der Waals surface area contributed by atoms with Gasteiger partial charge in [-0.05, 0) is 38.5 Å². The Morgan fingerprint density at radius 2 is 1.19 bits per heavy atom.